The highest BCUT2D eigenvalue weighted by Crippen LogP contribution is 2.69. The Labute approximate surface area is 187 Å². The fourth-order valence-corrected chi connectivity index (χ4v) is 10.9. The van der Waals surface area contributed by atoms with Crippen molar-refractivity contribution in [1.29, 1.82) is 0 Å². The average molecular weight is 415 g/mol. The fraction of sp³-hybridized carbons (Fsp3) is 1.00. The normalized spacial score (nSPS) is 56.2. The second-order valence-corrected chi connectivity index (χ2v) is 13.9. The Balaban J connectivity index is 1.30. The molecule has 5 fully saturated rings. The molecule has 0 radical (unpaired) electrons. The zero-order valence-corrected chi connectivity index (χ0v) is 20.9. The zero-order valence-electron chi connectivity index (χ0n) is 20.9. The summed E-state index contributed by atoms with van der Waals surface area (Å²) in [5, 5.41) is 10.3. The van der Waals surface area contributed by atoms with Gasteiger partial charge in [-0.2, -0.15) is 0 Å². The molecule has 0 aromatic rings. The van der Waals surface area contributed by atoms with E-state index in [1.807, 2.05) is 0 Å². The number of fused-ring (bicyclic) bond motifs is 5. The van der Waals surface area contributed by atoms with Crippen LogP contribution in [0.3, 0.4) is 0 Å². The molecule has 0 spiro atoms. The number of aliphatic hydroxyl groups excluding tert-OH is 1. The third-order valence-electron chi connectivity index (χ3n) is 12.4. The van der Waals surface area contributed by atoms with Crippen molar-refractivity contribution < 1.29 is 5.11 Å². The molecule has 12 atom stereocenters. The molecule has 0 heterocycles. The molecule has 1 nitrogen and oxygen atoms in total. The molecule has 0 aromatic carbocycles. The van der Waals surface area contributed by atoms with Crippen molar-refractivity contribution in [3.63, 3.8) is 0 Å². The van der Waals surface area contributed by atoms with E-state index in [1.54, 1.807) is 0 Å². The Morgan fingerprint density at radius 1 is 0.867 bits per heavy atom. The van der Waals surface area contributed by atoms with Crippen LogP contribution in [-0.4, -0.2) is 11.2 Å². The Kier molecular flexibility index (Phi) is 5.44. The number of rotatable bonds is 4. The molecule has 30 heavy (non-hydrogen) atoms. The Morgan fingerprint density at radius 3 is 2.27 bits per heavy atom. The van der Waals surface area contributed by atoms with Gasteiger partial charge in [-0.3, -0.25) is 0 Å². The molecule has 0 saturated heterocycles. The maximum Gasteiger partial charge on any atom is 0.0543 e. The number of hydrogen-bond acceptors (Lipinski definition) is 1. The Morgan fingerprint density at radius 2 is 1.57 bits per heavy atom. The molecule has 1 heteroatoms. The van der Waals surface area contributed by atoms with Gasteiger partial charge in [0.05, 0.1) is 6.10 Å². The molecule has 5 aliphatic carbocycles. The first-order chi connectivity index (χ1) is 14.2. The Hall–Kier alpha value is -0.0400. The SMILES string of the molecule is CC(C)[C@H]1[C@H](C)[C@@H]1C[C@@H](C)[C@H]1CC[C@H]2[C@@H]3CC[C@@H]4C[C@@H](O)CC[C@]4(C)[C@H]3CC[C@]12C. The lowest BCUT2D eigenvalue weighted by Crippen LogP contribution is -2.54. The lowest BCUT2D eigenvalue weighted by molar-refractivity contribution is -0.129. The summed E-state index contributed by atoms with van der Waals surface area (Å²) in [7, 11) is 0. The summed E-state index contributed by atoms with van der Waals surface area (Å²) < 4.78 is 0. The van der Waals surface area contributed by atoms with Crippen molar-refractivity contribution in [3.05, 3.63) is 0 Å². The molecule has 1 N–H and O–H groups in total. The molecule has 0 bridgehead atoms. The second-order valence-electron chi connectivity index (χ2n) is 13.9. The van der Waals surface area contributed by atoms with Gasteiger partial charge in [0.15, 0.2) is 0 Å². The van der Waals surface area contributed by atoms with Gasteiger partial charge in [-0.15, -0.1) is 0 Å². The lowest BCUT2D eigenvalue weighted by atomic mass is 9.44. The average Bonchev–Trinajstić information content (AvgIpc) is 3.17. The van der Waals surface area contributed by atoms with Gasteiger partial charge in [-0.25, -0.2) is 0 Å². The molecule has 0 amide bonds. The minimum atomic E-state index is -0.00956. The maximum absolute atomic E-state index is 10.3. The first-order valence-electron chi connectivity index (χ1n) is 13.8. The summed E-state index contributed by atoms with van der Waals surface area (Å²) in [4.78, 5) is 0. The van der Waals surface area contributed by atoms with Crippen molar-refractivity contribution in [3.8, 4) is 0 Å². The standard InChI is InChI=1S/C29H50O/c1-17(2)27-19(4)23(27)15-18(3)24-9-10-25-22-8-7-20-16-21(30)11-13-28(20,5)26(22)12-14-29(24,25)6/h17-27,30H,7-16H2,1-6H3/t18-,19-,20-,21+,22+,23+,24-,25+,26+,27+,28+,29-/m1/s1. The Bertz CT molecular complexity index is 640. The molecule has 0 aromatic heterocycles. The summed E-state index contributed by atoms with van der Waals surface area (Å²) in [6.07, 6.45) is 13.8. The van der Waals surface area contributed by atoms with Crippen molar-refractivity contribution in [1.82, 2.24) is 0 Å². The van der Waals surface area contributed by atoms with Crippen LogP contribution in [0.1, 0.15) is 106 Å². The van der Waals surface area contributed by atoms with E-state index in [2.05, 4.69) is 41.5 Å². The van der Waals surface area contributed by atoms with Gasteiger partial charge in [0.1, 0.15) is 0 Å². The predicted octanol–water partition coefficient (Wildman–Crippen LogP) is 7.57. The summed E-state index contributed by atoms with van der Waals surface area (Å²) in [5.41, 5.74) is 1.14. The van der Waals surface area contributed by atoms with Gasteiger partial charge >= 0.3 is 0 Å². The largest absolute Gasteiger partial charge is 0.393 e. The van der Waals surface area contributed by atoms with Crippen molar-refractivity contribution >= 4 is 0 Å². The minimum absolute atomic E-state index is 0.00956. The van der Waals surface area contributed by atoms with Crippen LogP contribution in [0.5, 0.6) is 0 Å². The van der Waals surface area contributed by atoms with Crippen LogP contribution in [0, 0.1) is 70.0 Å². The van der Waals surface area contributed by atoms with Crippen LogP contribution < -0.4 is 0 Å². The first kappa shape index (κ1) is 21.8. The van der Waals surface area contributed by atoms with Crippen molar-refractivity contribution in [2.45, 2.75) is 112 Å². The molecule has 0 unspecified atom stereocenters. The molecule has 172 valence electrons. The summed E-state index contributed by atoms with van der Waals surface area (Å²) in [5.74, 6) is 9.50. The van der Waals surface area contributed by atoms with Crippen LogP contribution in [0.25, 0.3) is 0 Å². The molecular formula is C29H50O. The molecule has 0 aliphatic heterocycles. The molecular weight excluding hydrogens is 364 g/mol. The highest BCUT2D eigenvalue weighted by Gasteiger charge is 2.61. The van der Waals surface area contributed by atoms with Gasteiger partial charge < -0.3 is 5.11 Å². The molecule has 5 aliphatic rings. The van der Waals surface area contributed by atoms with Crippen LogP contribution in [0.15, 0.2) is 0 Å². The van der Waals surface area contributed by atoms with E-state index >= 15 is 0 Å². The van der Waals surface area contributed by atoms with E-state index in [4.69, 9.17) is 0 Å². The van der Waals surface area contributed by atoms with Crippen molar-refractivity contribution in [2.75, 3.05) is 0 Å². The number of aliphatic hydroxyl groups is 1. The van der Waals surface area contributed by atoms with Crippen LogP contribution in [-0.2, 0) is 0 Å². The van der Waals surface area contributed by atoms with Gasteiger partial charge in [-0.1, -0.05) is 41.5 Å². The molecule has 5 rings (SSSR count). The van der Waals surface area contributed by atoms with Crippen LogP contribution in [0.4, 0.5) is 0 Å². The van der Waals surface area contributed by atoms with Gasteiger partial charge in [0.25, 0.3) is 0 Å². The topological polar surface area (TPSA) is 20.2 Å². The summed E-state index contributed by atoms with van der Waals surface area (Å²) in [6.45, 7) is 15.4. The maximum atomic E-state index is 10.3. The third kappa shape index (κ3) is 3.18. The van der Waals surface area contributed by atoms with E-state index in [0.29, 0.717) is 10.8 Å². The summed E-state index contributed by atoms with van der Waals surface area (Å²) in [6, 6.07) is 0. The first-order valence-corrected chi connectivity index (χ1v) is 13.8. The van der Waals surface area contributed by atoms with Crippen LogP contribution in [0.2, 0.25) is 0 Å². The minimum Gasteiger partial charge on any atom is -0.393 e. The third-order valence-corrected chi connectivity index (χ3v) is 12.4. The van der Waals surface area contributed by atoms with Gasteiger partial charge in [0.2, 0.25) is 0 Å². The van der Waals surface area contributed by atoms with Gasteiger partial charge in [-0.05, 0) is 134 Å². The second kappa shape index (κ2) is 7.50. The van der Waals surface area contributed by atoms with Crippen molar-refractivity contribution in [2.24, 2.45) is 70.0 Å². The van der Waals surface area contributed by atoms with E-state index in [-0.39, 0.29) is 6.10 Å². The van der Waals surface area contributed by atoms with Gasteiger partial charge in [0, 0.05) is 0 Å². The van der Waals surface area contributed by atoms with Crippen LogP contribution >= 0.6 is 0 Å². The quantitative estimate of drug-likeness (QED) is 0.503. The van der Waals surface area contributed by atoms with E-state index < -0.39 is 0 Å². The zero-order chi connectivity index (χ0) is 21.4. The highest BCUT2D eigenvalue weighted by atomic mass is 16.3. The van der Waals surface area contributed by atoms with E-state index in [0.717, 1.165) is 72.0 Å². The number of hydrogen-bond donors (Lipinski definition) is 1. The highest BCUT2D eigenvalue weighted by molar-refractivity contribution is 5.10. The van der Waals surface area contributed by atoms with E-state index in [9.17, 15) is 5.11 Å². The summed E-state index contributed by atoms with van der Waals surface area (Å²) >= 11 is 0. The van der Waals surface area contributed by atoms with E-state index in [1.165, 1.54) is 51.4 Å². The molecule has 5 saturated carbocycles. The fourth-order valence-electron chi connectivity index (χ4n) is 10.9. The predicted molar refractivity (Wildman–Crippen MR) is 126 cm³/mol. The monoisotopic (exact) mass is 414 g/mol. The smallest absolute Gasteiger partial charge is 0.0543 e. The lowest BCUT2D eigenvalue weighted by Gasteiger charge is -2.61.